The smallest absolute Gasteiger partial charge is 0.289 e. The molecule has 28 heavy (non-hydrogen) atoms. The minimum absolute atomic E-state index is 0.0368. The molecule has 0 aliphatic heterocycles. The summed E-state index contributed by atoms with van der Waals surface area (Å²) in [6, 6.07) is 9.59. The molecule has 2 aromatic rings. The van der Waals surface area contributed by atoms with E-state index >= 15 is 0 Å². The van der Waals surface area contributed by atoms with E-state index in [0.29, 0.717) is 11.1 Å². The SMILES string of the molecule is Cc1cccc(C)c1C(=O)C(C)[P+](=O)C(=O)c1c(C)cc(C(C)(C)C)cc1C. The van der Waals surface area contributed by atoms with Crippen molar-refractivity contribution < 1.29 is 14.2 Å². The highest BCUT2D eigenvalue weighted by molar-refractivity contribution is 7.66. The van der Waals surface area contributed by atoms with Crippen LogP contribution in [-0.2, 0) is 9.98 Å². The summed E-state index contributed by atoms with van der Waals surface area (Å²) in [6.07, 6.45) is 0. The van der Waals surface area contributed by atoms with E-state index in [4.69, 9.17) is 0 Å². The Hall–Kier alpha value is -2.12. The van der Waals surface area contributed by atoms with E-state index in [1.807, 2.05) is 58.0 Å². The van der Waals surface area contributed by atoms with Crippen molar-refractivity contribution in [3.8, 4) is 0 Å². The first kappa shape index (κ1) is 22.2. The molecule has 2 aromatic carbocycles. The van der Waals surface area contributed by atoms with Crippen LogP contribution in [-0.4, -0.2) is 17.0 Å². The van der Waals surface area contributed by atoms with Gasteiger partial charge in [0.25, 0.3) is 0 Å². The molecule has 2 unspecified atom stereocenters. The maximum absolute atomic E-state index is 13.1. The van der Waals surface area contributed by atoms with Crippen molar-refractivity contribution in [1.82, 2.24) is 0 Å². The van der Waals surface area contributed by atoms with Crippen molar-refractivity contribution >= 4 is 19.1 Å². The van der Waals surface area contributed by atoms with E-state index in [0.717, 1.165) is 27.8 Å². The third-order valence-electron chi connectivity index (χ3n) is 5.27. The molecule has 0 saturated heterocycles. The first-order valence-corrected chi connectivity index (χ1v) is 10.9. The number of rotatable bonds is 5. The molecule has 0 spiro atoms. The van der Waals surface area contributed by atoms with Crippen LogP contribution in [0.15, 0.2) is 30.3 Å². The number of carbonyl (C=O) groups is 2. The maximum Gasteiger partial charge on any atom is 0.431 e. The summed E-state index contributed by atoms with van der Waals surface area (Å²) in [5.74, 6) is -0.230. The Labute approximate surface area is 169 Å². The van der Waals surface area contributed by atoms with Gasteiger partial charge in [0.1, 0.15) is 0 Å². The van der Waals surface area contributed by atoms with Crippen LogP contribution in [0, 0.1) is 27.7 Å². The second-order valence-corrected chi connectivity index (χ2v) is 10.5. The molecule has 0 amide bonds. The Morgan fingerprint density at radius 2 is 1.32 bits per heavy atom. The molecule has 0 saturated carbocycles. The first-order valence-electron chi connectivity index (χ1n) is 9.59. The highest BCUT2D eigenvalue weighted by Gasteiger charge is 2.43. The average molecular weight is 397 g/mol. The Kier molecular flexibility index (Phi) is 6.41. The molecule has 148 valence electrons. The van der Waals surface area contributed by atoms with Gasteiger partial charge in [0, 0.05) is 5.56 Å². The predicted molar refractivity (Wildman–Crippen MR) is 116 cm³/mol. The van der Waals surface area contributed by atoms with Crippen LogP contribution >= 0.6 is 7.80 Å². The largest absolute Gasteiger partial charge is 0.431 e. The summed E-state index contributed by atoms with van der Waals surface area (Å²) in [7, 11) is -2.38. The fourth-order valence-electron chi connectivity index (χ4n) is 3.54. The van der Waals surface area contributed by atoms with Gasteiger partial charge in [-0.05, 0) is 67.9 Å². The van der Waals surface area contributed by atoms with E-state index in [9.17, 15) is 14.2 Å². The monoisotopic (exact) mass is 397 g/mol. The van der Waals surface area contributed by atoms with Crippen molar-refractivity contribution in [2.75, 3.05) is 0 Å². The van der Waals surface area contributed by atoms with Crippen LogP contribution in [0.1, 0.15) is 76.2 Å². The molecule has 2 atom stereocenters. The van der Waals surface area contributed by atoms with E-state index in [1.54, 1.807) is 6.92 Å². The van der Waals surface area contributed by atoms with Crippen molar-refractivity contribution in [1.29, 1.82) is 0 Å². The number of hydrogen-bond donors (Lipinski definition) is 0. The third kappa shape index (κ3) is 4.31. The molecule has 0 fully saturated rings. The van der Waals surface area contributed by atoms with E-state index in [-0.39, 0.29) is 11.2 Å². The Morgan fingerprint density at radius 3 is 1.75 bits per heavy atom. The molecular weight excluding hydrogens is 367 g/mol. The molecule has 0 aromatic heterocycles. The Bertz CT molecular complexity index is 921. The number of ketones is 1. The fraction of sp³-hybridized carbons (Fsp3) is 0.417. The third-order valence-corrected chi connectivity index (χ3v) is 6.83. The quantitative estimate of drug-likeness (QED) is 0.430. The molecular formula is C24H30O3P+. The minimum atomic E-state index is -2.38. The van der Waals surface area contributed by atoms with Crippen LogP contribution in [0.2, 0.25) is 0 Å². The van der Waals surface area contributed by atoms with E-state index in [2.05, 4.69) is 20.8 Å². The first-order chi connectivity index (χ1) is 12.9. The van der Waals surface area contributed by atoms with Gasteiger partial charge in [-0.25, -0.2) is 4.79 Å². The van der Waals surface area contributed by atoms with E-state index < -0.39 is 19.0 Å². The lowest BCUT2D eigenvalue weighted by Crippen LogP contribution is -2.19. The summed E-state index contributed by atoms with van der Waals surface area (Å²) >= 11 is 0. The highest BCUT2D eigenvalue weighted by Crippen LogP contribution is 2.38. The van der Waals surface area contributed by atoms with Crippen LogP contribution < -0.4 is 0 Å². The molecule has 0 aliphatic rings. The fourth-order valence-corrected chi connectivity index (χ4v) is 4.81. The summed E-state index contributed by atoms with van der Waals surface area (Å²) in [6.45, 7) is 15.4. The summed E-state index contributed by atoms with van der Waals surface area (Å²) in [5.41, 5.74) is 4.16. The van der Waals surface area contributed by atoms with Gasteiger partial charge in [0.15, 0.2) is 0 Å². The molecule has 4 heteroatoms. The van der Waals surface area contributed by atoms with Crippen LogP contribution in [0.5, 0.6) is 0 Å². The zero-order valence-electron chi connectivity index (χ0n) is 18.1. The predicted octanol–water partition coefficient (Wildman–Crippen LogP) is 6.46. The topological polar surface area (TPSA) is 51.2 Å². The van der Waals surface area contributed by atoms with Crippen molar-refractivity contribution in [2.45, 2.75) is 66.5 Å². The average Bonchev–Trinajstić information content (AvgIpc) is 2.58. The lowest BCUT2D eigenvalue weighted by atomic mass is 9.84. The number of benzene rings is 2. The lowest BCUT2D eigenvalue weighted by molar-refractivity contribution is 0.0981. The Balaban J connectivity index is 2.40. The maximum atomic E-state index is 13.1. The van der Waals surface area contributed by atoms with Gasteiger partial charge in [-0.1, -0.05) is 55.7 Å². The van der Waals surface area contributed by atoms with E-state index in [1.165, 1.54) is 0 Å². The standard InChI is InChI=1S/C24H30O3P/c1-14-10-9-11-15(2)20(14)22(25)18(5)28(27)23(26)21-16(3)12-19(13-17(21)4)24(6,7)8/h9-13,18H,1-8H3/q+1. The van der Waals surface area contributed by atoms with Gasteiger partial charge in [-0.2, -0.15) is 0 Å². The Morgan fingerprint density at radius 1 is 0.857 bits per heavy atom. The molecule has 2 rings (SSSR count). The van der Waals surface area contributed by atoms with Gasteiger partial charge < -0.3 is 0 Å². The normalized spacial score (nSPS) is 13.2. The van der Waals surface area contributed by atoms with Crippen LogP contribution in [0.4, 0.5) is 0 Å². The molecule has 0 radical (unpaired) electrons. The summed E-state index contributed by atoms with van der Waals surface area (Å²) in [4.78, 5) is 26.0. The second-order valence-electron chi connectivity index (χ2n) is 8.67. The number of carbonyl (C=O) groups excluding carboxylic acids is 2. The van der Waals surface area contributed by atoms with Gasteiger partial charge in [0.05, 0.1) is 5.56 Å². The zero-order valence-corrected chi connectivity index (χ0v) is 19.0. The van der Waals surface area contributed by atoms with Gasteiger partial charge in [0.2, 0.25) is 11.4 Å². The molecule has 0 aliphatic carbocycles. The van der Waals surface area contributed by atoms with Gasteiger partial charge >= 0.3 is 13.3 Å². The zero-order chi connectivity index (χ0) is 21.4. The molecule has 3 nitrogen and oxygen atoms in total. The summed E-state index contributed by atoms with van der Waals surface area (Å²) in [5, 5.41) is 0. The van der Waals surface area contributed by atoms with Crippen molar-refractivity contribution in [2.24, 2.45) is 0 Å². The highest BCUT2D eigenvalue weighted by atomic mass is 31.1. The minimum Gasteiger partial charge on any atom is -0.289 e. The number of Topliss-reactive ketones (excluding diaryl/α,β-unsaturated/α-hetero) is 1. The van der Waals surface area contributed by atoms with Crippen molar-refractivity contribution in [3.05, 3.63) is 69.3 Å². The van der Waals surface area contributed by atoms with Crippen LogP contribution in [0.3, 0.4) is 0 Å². The molecule has 0 bridgehead atoms. The van der Waals surface area contributed by atoms with Crippen LogP contribution in [0.25, 0.3) is 0 Å². The second kappa shape index (κ2) is 8.09. The summed E-state index contributed by atoms with van der Waals surface area (Å²) < 4.78 is 13.0. The number of hydrogen-bond acceptors (Lipinski definition) is 3. The molecule has 0 heterocycles. The molecule has 0 N–H and O–H groups in total. The number of aryl methyl sites for hydroxylation is 4. The van der Waals surface area contributed by atoms with Crippen molar-refractivity contribution in [3.63, 3.8) is 0 Å². The van der Waals surface area contributed by atoms with Gasteiger partial charge in [-0.15, -0.1) is 0 Å². The van der Waals surface area contributed by atoms with Gasteiger partial charge in [-0.3, -0.25) is 4.79 Å². The lowest BCUT2D eigenvalue weighted by Gasteiger charge is -2.21.